The standard InChI is InChI=1S/C9H15BrN4O4S/c1-4-5-14(6-7(15)18-3)19(16,17)9-8(10)11-12-13(9)2/h4-6H2,1-3H3. The second-order valence-electron chi connectivity index (χ2n) is 3.72. The summed E-state index contributed by atoms with van der Waals surface area (Å²) >= 11 is 3.04. The Morgan fingerprint density at radius 3 is 2.58 bits per heavy atom. The van der Waals surface area contributed by atoms with E-state index in [1.54, 1.807) is 0 Å². The molecule has 0 fully saturated rings. The molecule has 0 saturated carbocycles. The first-order chi connectivity index (χ1) is 8.84. The molecule has 10 heteroatoms. The first-order valence-electron chi connectivity index (χ1n) is 5.46. The Morgan fingerprint density at radius 1 is 1.53 bits per heavy atom. The molecular formula is C9H15BrN4O4S. The predicted molar refractivity (Wildman–Crippen MR) is 69.8 cm³/mol. The molecule has 0 radical (unpaired) electrons. The van der Waals surface area contributed by atoms with Crippen molar-refractivity contribution in [1.29, 1.82) is 0 Å². The molecule has 1 aromatic rings. The van der Waals surface area contributed by atoms with Gasteiger partial charge in [-0.25, -0.2) is 13.1 Å². The van der Waals surface area contributed by atoms with Crippen LogP contribution in [-0.4, -0.2) is 53.9 Å². The molecule has 1 aromatic heterocycles. The van der Waals surface area contributed by atoms with Crippen LogP contribution in [0.3, 0.4) is 0 Å². The van der Waals surface area contributed by atoms with Gasteiger partial charge in [0.2, 0.25) is 5.03 Å². The van der Waals surface area contributed by atoms with Crippen LogP contribution in [0.15, 0.2) is 9.63 Å². The minimum atomic E-state index is -3.86. The van der Waals surface area contributed by atoms with Crippen LogP contribution >= 0.6 is 15.9 Å². The van der Waals surface area contributed by atoms with Crippen LogP contribution in [0.1, 0.15) is 13.3 Å². The van der Waals surface area contributed by atoms with Crippen LogP contribution in [0, 0.1) is 0 Å². The van der Waals surface area contributed by atoms with E-state index in [0.29, 0.717) is 6.42 Å². The molecule has 0 atom stereocenters. The highest BCUT2D eigenvalue weighted by atomic mass is 79.9. The number of aryl methyl sites for hydroxylation is 1. The largest absolute Gasteiger partial charge is 0.468 e. The lowest BCUT2D eigenvalue weighted by Gasteiger charge is -2.19. The van der Waals surface area contributed by atoms with Gasteiger partial charge in [0.15, 0.2) is 4.60 Å². The minimum Gasteiger partial charge on any atom is -0.468 e. The smallest absolute Gasteiger partial charge is 0.321 e. The fourth-order valence-electron chi connectivity index (χ4n) is 1.46. The number of carbonyl (C=O) groups excluding carboxylic acids is 1. The van der Waals surface area contributed by atoms with E-state index in [4.69, 9.17) is 0 Å². The molecule has 1 heterocycles. The number of hydrogen-bond donors (Lipinski definition) is 0. The summed E-state index contributed by atoms with van der Waals surface area (Å²) in [5.74, 6) is -0.622. The summed E-state index contributed by atoms with van der Waals surface area (Å²) in [7, 11) is -1.19. The molecule has 0 aliphatic heterocycles. The van der Waals surface area contributed by atoms with E-state index in [0.717, 1.165) is 8.99 Å². The molecule has 108 valence electrons. The Kier molecular flexibility index (Phi) is 5.44. The van der Waals surface area contributed by atoms with Crippen molar-refractivity contribution in [3.05, 3.63) is 4.60 Å². The van der Waals surface area contributed by atoms with Gasteiger partial charge in [-0.2, -0.15) is 4.31 Å². The summed E-state index contributed by atoms with van der Waals surface area (Å²) < 4.78 is 31.7. The average Bonchev–Trinajstić information content (AvgIpc) is 2.68. The van der Waals surface area contributed by atoms with Crippen molar-refractivity contribution >= 4 is 31.9 Å². The van der Waals surface area contributed by atoms with Gasteiger partial charge in [0, 0.05) is 13.6 Å². The Bertz CT molecular complexity index is 537. The number of sulfonamides is 1. The molecule has 0 unspecified atom stereocenters. The Balaban J connectivity index is 3.17. The van der Waals surface area contributed by atoms with E-state index in [1.807, 2.05) is 6.92 Å². The first-order valence-corrected chi connectivity index (χ1v) is 7.70. The van der Waals surface area contributed by atoms with Crippen molar-refractivity contribution < 1.29 is 17.9 Å². The quantitative estimate of drug-likeness (QED) is 0.675. The summed E-state index contributed by atoms with van der Waals surface area (Å²) in [6.45, 7) is 1.68. The summed E-state index contributed by atoms with van der Waals surface area (Å²) in [5.41, 5.74) is 0. The van der Waals surface area contributed by atoms with E-state index in [2.05, 4.69) is 31.0 Å². The second kappa shape index (κ2) is 6.44. The van der Waals surface area contributed by atoms with Gasteiger partial charge in [0.25, 0.3) is 10.0 Å². The van der Waals surface area contributed by atoms with Crippen LogP contribution in [0.25, 0.3) is 0 Å². The molecule has 0 N–H and O–H groups in total. The van der Waals surface area contributed by atoms with Crippen molar-refractivity contribution in [1.82, 2.24) is 19.3 Å². The topological polar surface area (TPSA) is 94.4 Å². The maximum atomic E-state index is 12.5. The summed E-state index contributed by atoms with van der Waals surface area (Å²) in [6.07, 6.45) is 0.569. The van der Waals surface area contributed by atoms with Gasteiger partial charge in [0.1, 0.15) is 6.54 Å². The molecule has 19 heavy (non-hydrogen) atoms. The van der Waals surface area contributed by atoms with Crippen LogP contribution in [0.4, 0.5) is 0 Å². The van der Waals surface area contributed by atoms with E-state index in [9.17, 15) is 13.2 Å². The van der Waals surface area contributed by atoms with E-state index < -0.39 is 16.0 Å². The zero-order valence-corrected chi connectivity index (χ0v) is 13.2. The van der Waals surface area contributed by atoms with Gasteiger partial charge in [-0.05, 0) is 22.4 Å². The fourth-order valence-corrected chi connectivity index (χ4v) is 3.97. The van der Waals surface area contributed by atoms with Gasteiger partial charge in [-0.3, -0.25) is 4.79 Å². The molecule has 0 aliphatic carbocycles. The molecule has 0 spiro atoms. The normalized spacial score (nSPS) is 11.8. The summed E-state index contributed by atoms with van der Waals surface area (Å²) in [4.78, 5) is 11.3. The van der Waals surface area contributed by atoms with Crippen LogP contribution < -0.4 is 0 Å². The average molecular weight is 355 g/mol. The third-order valence-corrected chi connectivity index (χ3v) is 5.06. The SMILES string of the molecule is CCCN(CC(=O)OC)S(=O)(=O)c1c(Br)nnn1C. The Labute approximate surface area is 119 Å². The zero-order chi connectivity index (χ0) is 14.6. The van der Waals surface area contributed by atoms with Crippen molar-refractivity contribution in [2.75, 3.05) is 20.2 Å². The van der Waals surface area contributed by atoms with Crippen molar-refractivity contribution in [3.8, 4) is 0 Å². The van der Waals surface area contributed by atoms with Gasteiger partial charge in [0.05, 0.1) is 7.11 Å². The van der Waals surface area contributed by atoms with Crippen LogP contribution in [-0.2, 0) is 26.6 Å². The maximum absolute atomic E-state index is 12.5. The minimum absolute atomic E-state index is 0.0927. The van der Waals surface area contributed by atoms with E-state index in [-0.39, 0.29) is 22.7 Å². The number of rotatable bonds is 6. The van der Waals surface area contributed by atoms with E-state index >= 15 is 0 Å². The number of hydrogen-bond acceptors (Lipinski definition) is 6. The number of ether oxygens (including phenoxy) is 1. The monoisotopic (exact) mass is 354 g/mol. The molecule has 0 bridgehead atoms. The van der Waals surface area contributed by atoms with Gasteiger partial charge < -0.3 is 4.74 Å². The lowest BCUT2D eigenvalue weighted by molar-refractivity contribution is -0.140. The molecule has 0 aliphatic rings. The number of aromatic nitrogens is 3. The highest BCUT2D eigenvalue weighted by Crippen LogP contribution is 2.22. The highest BCUT2D eigenvalue weighted by molar-refractivity contribution is 9.10. The fraction of sp³-hybridized carbons (Fsp3) is 0.667. The Hall–Kier alpha value is -1.00. The molecular weight excluding hydrogens is 340 g/mol. The number of carbonyl (C=O) groups is 1. The molecule has 1 rings (SSSR count). The highest BCUT2D eigenvalue weighted by Gasteiger charge is 2.32. The molecule has 0 amide bonds. The third-order valence-electron chi connectivity index (χ3n) is 2.33. The number of esters is 1. The van der Waals surface area contributed by atoms with Gasteiger partial charge in [-0.15, -0.1) is 5.10 Å². The first kappa shape index (κ1) is 16.1. The number of nitrogens with zero attached hydrogens (tertiary/aromatic N) is 4. The summed E-state index contributed by atoms with van der Waals surface area (Å²) in [6, 6.07) is 0. The van der Waals surface area contributed by atoms with Gasteiger partial charge >= 0.3 is 5.97 Å². The van der Waals surface area contributed by atoms with Crippen molar-refractivity contribution in [2.45, 2.75) is 18.4 Å². The van der Waals surface area contributed by atoms with Gasteiger partial charge in [-0.1, -0.05) is 12.1 Å². The second-order valence-corrected chi connectivity index (χ2v) is 6.33. The molecule has 0 saturated heterocycles. The number of halogens is 1. The van der Waals surface area contributed by atoms with Crippen LogP contribution in [0.2, 0.25) is 0 Å². The lowest BCUT2D eigenvalue weighted by Crippen LogP contribution is -2.37. The zero-order valence-electron chi connectivity index (χ0n) is 10.8. The lowest BCUT2D eigenvalue weighted by atomic mass is 10.5. The molecule has 8 nitrogen and oxygen atoms in total. The van der Waals surface area contributed by atoms with Crippen molar-refractivity contribution in [2.24, 2.45) is 7.05 Å². The Morgan fingerprint density at radius 2 is 2.16 bits per heavy atom. The van der Waals surface area contributed by atoms with Crippen LogP contribution in [0.5, 0.6) is 0 Å². The van der Waals surface area contributed by atoms with Crippen molar-refractivity contribution in [3.63, 3.8) is 0 Å². The third kappa shape index (κ3) is 3.51. The van der Waals surface area contributed by atoms with E-state index in [1.165, 1.54) is 14.2 Å². The molecule has 0 aromatic carbocycles. The maximum Gasteiger partial charge on any atom is 0.321 e. The predicted octanol–water partition coefficient (Wildman–Crippen LogP) is 0.151. The summed E-state index contributed by atoms with van der Waals surface area (Å²) in [5, 5.41) is 7.16. The number of methoxy groups -OCH3 is 1.